The smallest absolute Gasteiger partial charge is 0.0931 e. The van der Waals surface area contributed by atoms with Gasteiger partial charge in [0.25, 0.3) is 0 Å². The maximum atomic E-state index is 10.1. The molecule has 1 atom stereocenters. The van der Waals surface area contributed by atoms with Gasteiger partial charge in [0.05, 0.1) is 9.94 Å². The zero-order chi connectivity index (χ0) is 9.31. The zero-order valence-electron chi connectivity index (χ0n) is 7.22. The van der Waals surface area contributed by atoms with Crippen molar-refractivity contribution in [3.05, 3.63) is 21.3 Å². The molecule has 2 heterocycles. The average molecular weight is 218 g/mol. The standard InChI is InChI=1S/C9H12ClNOS/c10-8-3-7(5-13-8)4-9(12)1-2-11-6-9/h3,5,11-12H,1-2,4,6H2. The van der Waals surface area contributed by atoms with Crippen LogP contribution in [0.5, 0.6) is 0 Å². The van der Waals surface area contributed by atoms with Gasteiger partial charge in [-0.15, -0.1) is 11.3 Å². The molecule has 2 rings (SSSR count). The van der Waals surface area contributed by atoms with Crippen molar-refractivity contribution < 1.29 is 5.11 Å². The maximum Gasteiger partial charge on any atom is 0.0931 e. The third kappa shape index (κ3) is 2.23. The summed E-state index contributed by atoms with van der Waals surface area (Å²) >= 11 is 7.33. The first-order chi connectivity index (χ1) is 6.18. The summed E-state index contributed by atoms with van der Waals surface area (Å²) in [6.07, 6.45) is 1.55. The molecule has 72 valence electrons. The molecular formula is C9H12ClNOS. The van der Waals surface area contributed by atoms with Crippen LogP contribution in [0.3, 0.4) is 0 Å². The minimum Gasteiger partial charge on any atom is -0.388 e. The van der Waals surface area contributed by atoms with Crippen LogP contribution in [-0.2, 0) is 6.42 Å². The maximum absolute atomic E-state index is 10.1. The van der Waals surface area contributed by atoms with Crippen LogP contribution in [0, 0.1) is 0 Å². The van der Waals surface area contributed by atoms with Crippen molar-refractivity contribution >= 4 is 22.9 Å². The second-order valence-corrected chi connectivity index (χ2v) is 5.13. The Balaban J connectivity index is 2.04. The van der Waals surface area contributed by atoms with E-state index in [4.69, 9.17) is 11.6 Å². The van der Waals surface area contributed by atoms with Crippen LogP contribution in [0.1, 0.15) is 12.0 Å². The summed E-state index contributed by atoms with van der Waals surface area (Å²) in [6.45, 7) is 1.61. The molecule has 2 N–H and O–H groups in total. The van der Waals surface area contributed by atoms with Crippen LogP contribution in [-0.4, -0.2) is 23.8 Å². The van der Waals surface area contributed by atoms with Crippen LogP contribution in [0.25, 0.3) is 0 Å². The largest absolute Gasteiger partial charge is 0.388 e. The second-order valence-electron chi connectivity index (χ2n) is 3.59. The van der Waals surface area contributed by atoms with Crippen LogP contribution in [0.2, 0.25) is 4.34 Å². The molecule has 0 saturated carbocycles. The second kappa shape index (κ2) is 3.58. The van der Waals surface area contributed by atoms with E-state index in [2.05, 4.69) is 5.32 Å². The number of thiophene rings is 1. The third-order valence-corrected chi connectivity index (χ3v) is 3.52. The number of hydrogen-bond donors (Lipinski definition) is 2. The van der Waals surface area contributed by atoms with Gasteiger partial charge in [-0.05, 0) is 30.0 Å². The molecule has 0 radical (unpaired) electrons. The first kappa shape index (κ1) is 9.46. The van der Waals surface area contributed by atoms with Crippen molar-refractivity contribution in [2.45, 2.75) is 18.4 Å². The highest BCUT2D eigenvalue weighted by atomic mass is 35.5. The Hall–Kier alpha value is -0.0900. The lowest BCUT2D eigenvalue weighted by Crippen LogP contribution is -2.33. The van der Waals surface area contributed by atoms with Gasteiger partial charge in [0.2, 0.25) is 0 Å². The van der Waals surface area contributed by atoms with Gasteiger partial charge >= 0.3 is 0 Å². The molecule has 4 heteroatoms. The molecule has 1 aromatic rings. The topological polar surface area (TPSA) is 32.3 Å². The Morgan fingerprint density at radius 1 is 1.69 bits per heavy atom. The molecule has 1 aliphatic rings. The molecule has 2 nitrogen and oxygen atoms in total. The van der Waals surface area contributed by atoms with Crippen molar-refractivity contribution in [2.24, 2.45) is 0 Å². The molecule has 1 aromatic heterocycles. The highest BCUT2D eigenvalue weighted by Gasteiger charge is 2.31. The lowest BCUT2D eigenvalue weighted by Gasteiger charge is -2.20. The van der Waals surface area contributed by atoms with Crippen LogP contribution in [0.4, 0.5) is 0 Å². The Morgan fingerprint density at radius 2 is 2.54 bits per heavy atom. The molecular weight excluding hydrogens is 206 g/mol. The summed E-state index contributed by atoms with van der Waals surface area (Å²) in [4.78, 5) is 0. The Bertz CT molecular complexity index is 294. The molecule has 1 saturated heterocycles. The monoisotopic (exact) mass is 217 g/mol. The van der Waals surface area contributed by atoms with E-state index in [9.17, 15) is 5.11 Å². The fourth-order valence-electron chi connectivity index (χ4n) is 1.70. The summed E-state index contributed by atoms with van der Waals surface area (Å²) in [5.41, 5.74) is 0.589. The van der Waals surface area contributed by atoms with Gasteiger partial charge in [0.1, 0.15) is 0 Å². The molecule has 0 amide bonds. The van der Waals surface area contributed by atoms with Crippen molar-refractivity contribution in [1.29, 1.82) is 0 Å². The van der Waals surface area contributed by atoms with E-state index >= 15 is 0 Å². The van der Waals surface area contributed by atoms with Gasteiger partial charge < -0.3 is 10.4 Å². The van der Waals surface area contributed by atoms with Crippen LogP contribution >= 0.6 is 22.9 Å². The highest BCUT2D eigenvalue weighted by Crippen LogP contribution is 2.26. The summed E-state index contributed by atoms with van der Waals surface area (Å²) in [5.74, 6) is 0. The molecule has 1 fully saturated rings. The number of aliphatic hydroxyl groups is 1. The fraction of sp³-hybridized carbons (Fsp3) is 0.556. The van der Waals surface area contributed by atoms with Crippen LogP contribution in [0.15, 0.2) is 11.4 Å². The normalized spacial score (nSPS) is 28.2. The van der Waals surface area contributed by atoms with Gasteiger partial charge in [-0.25, -0.2) is 0 Å². The predicted octanol–water partition coefficient (Wildman–Crippen LogP) is 1.67. The lowest BCUT2D eigenvalue weighted by atomic mass is 9.95. The molecule has 0 bridgehead atoms. The van der Waals surface area contributed by atoms with Crippen molar-refractivity contribution in [3.63, 3.8) is 0 Å². The number of β-amino-alcohol motifs (C(OH)–C–C–N with tert-alkyl or cyclic N) is 1. The van der Waals surface area contributed by atoms with Crippen molar-refractivity contribution in [1.82, 2.24) is 5.32 Å². The predicted molar refractivity (Wildman–Crippen MR) is 55.5 cm³/mol. The summed E-state index contributed by atoms with van der Waals surface area (Å²) in [7, 11) is 0. The van der Waals surface area contributed by atoms with E-state index in [1.807, 2.05) is 11.4 Å². The summed E-state index contributed by atoms with van der Waals surface area (Å²) < 4.78 is 0.796. The molecule has 0 aliphatic carbocycles. The van der Waals surface area contributed by atoms with Gasteiger partial charge in [-0.3, -0.25) is 0 Å². The molecule has 1 unspecified atom stereocenters. The molecule has 13 heavy (non-hydrogen) atoms. The minimum atomic E-state index is -0.551. The van der Waals surface area contributed by atoms with E-state index in [-0.39, 0.29) is 0 Å². The quantitative estimate of drug-likeness (QED) is 0.790. The van der Waals surface area contributed by atoms with Gasteiger partial charge in [0.15, 0.2) is 0 Å². The van der Waals surface area contributed by atoms with E-state index < -0.39 is 5.60 Å². The van der Waals surface area contributed by atoms with Crippen molar-refractivity contribution in [2.75, 3.05) is 13.1 Å². The highest BCUT2D eigenvalue weighted by molar-refractivity contribution is 7.14. The van der Waals surface area contributed by atoms with Gasteiger partial charge in [0, 0.05) is 13.0 Å². The zero-order valence-corrected chi connectivity index (χ0v) is 8.79. The summed E-state index contributed by atoms with van der Waals surface area (Å²) in [5, 5.41) is 15.2. The molecule has 0 aromatic carbocycles. The van der Waals surface area contributed by atoms with Crippen LogP contribution < -0.4 is 5.32 Å². The summed E-state index contributed by atoms with van der Waals surface area (Å²) in [6, 6.07) is 1.93. The van der Waals surface area contributed by atoms with Crippen molar-refractivity contribution in [3.8, 4) is 0 Å². The fourth-order valence-corrected chi connectivity index (χ4v) is 2.61. The van der Waals surface area contributed by atoms with Gasteiger partial charge in [-0.1, -0.05) is 11.6 Å². The number of nitrogens with one attached hydrogen (secondary N) is 1. The Morgan fingerprint density at radius 3 is 3.08 bits per heavy atom. The first-order valence-electron chi connectivity index (χ1n) is 4.34. The number of hydrogen-bond acceptors (Lipinski definition) is 3. The van der Waals surface area contributed by atoms with E-state index in [1.54, 1.807) is 0 Å². The molecule has 0 spiro atoms. The number of rotatable bonds is 2. The van der Waals surface area contributed by atoms with E-state index in [0.29, 0.717) is 13.0 Å². The van der Waals surface area contributed by atoms with E-state index in [0.717, 1.165) is 22.9 Å². The van der Waals surface area contributed by atoms with Gasteiger partial charge in [-0.2, -0.15) is 0 Å². The lowest BCUT2D eigenvalue weighted by molar-refractivity contribution is 0.0620. The SMILES string of the molecule is OC1(Cc2csc(Cl)c2)CCNC1. The minimum absolute atomic E-state index is 0.551. The number of halogens is 1. The third-order valence-electron chi connectivity index (χ3n) is 2.38. The Labute approximate surface area is 86.5 Å². The molecule has 1 aliphatic heterocycles. The average Bonchev–Trinajstić information content (AvgIpc) is 2.62. The Kier molecular flexibility index (Phi) is 2.60. The van der Waals surface area contributed by atoms with E-state index in [1.165, 1.54) is 11.3 Å². The first-order valence-corrected chi connectivity index (χ1v) is 5.60.